The first-order chi connectivity index (χ1) is 9.01. The molecule has 1 rings (SSSR count). The molecule has 1 aliphatic rings. The van der Waals surface area contributed by atoms with Gasteiger partial charge in [-0.2, -0.15) is 0 Å². The Morgan fingerprint density at radius 1 is 1.37 bits per heavy atom. The largest absolute Gasteiger partial charge is 0.385 e. The molecule has 0 aromatic heterocycles. The monoisotopic (exact) mass is 270 g/mol. The van der Waals surface area contributed by atoms with Gasteiger partial charge >= 0.3 is 0 Å². The third-order valence-electron chi connectivity index (χ3n) is 3.42. The number of hydrogen-bond donors (Lipinski definition) is 1. The first kappa shape index (κ1) is 16.0. The lowest BCUT2D eigenvalue weighted by atomic mass is 9.97. The zero-order valence-electron chi connectivity index (χ0n) is 12.4. The van der Waals surface area contributed by atoms with E-state index in [9.17, 15) is 9.59 Å². The van der Waals surface area contributed by atoms with Crippen molar-refractivity contribution in [3.8, 4) is 0 Å². The number of nitrogens with zero attached hydrogens (tertiary/aromatic N) is 1. The topological polar surface area (TPSA) is 58.6 Å². The van der Waals surface area contributed by atoms with Crippen LogP contribution in [0.4, 0.5) is 0 Å². The summed E-state index contributed by atoms with van der Waals surface area (Å²) in [5.41, 5.74) is 0. The number of nitrogens with one attached hydrogen (secondary N) is 1. The molecule has 19 heavy (non-hydrogen) atoms. The molecule has 5 heteroatoms. The van der Waals surface area contributed by atoms with E-state index in [-0.39, 0.29) is 23.9 Å². The van der Waals surface area contributed by atoms with E-state index in [2.05, 4.69) is 19.2 Å². The molecule has 1 heterocycles. The van der Waals surface area contributed by atoms with E-state index in [1.54, 1.807) is 12.0 Å². The number of piperazine rings is 1. The Labute approximate surface area is 115 Å². The van der Waals surface area contributed by atoms with Crippen LogP contribution in [0.5, 0.6) is 0 Å². The van der Waals surface area contributed by atoms with Crippen molar-refractivity contribution in [3.05, 3.63) is 0 Å². The van der Waals surface area contributed by atoms with Crippen LogP contribution in [-0.4, -0.2) is 49.1 Å². The zero-order valence-corrected chi connectivity index (χ0v) is 12.4. The molecule has 0 aromatic carbocycles. The molecule has 2 atom stereocenters. The number of ether oxygens (including phenoxy) is 1. The van der Waals surface area contributed by atoms with Gasteiger partial charge in [0, 0.05) is 20.3 Å². The highest BCUT2D eigenvalue weighted by atomic mass is 16.5. The van der Waals surface area contributed by atoms with Crippen molar-refractivity contribution in [1.82, 2.24) is 10.2 Å². The Hall–Kier alpha value is -1.10. The summed E-state index contributed by atoms with van der Waals surface area (Å²) in [4.78, 5) is 26.2. The van der Waals surface area contributed by atoms with E-state index >= 15 is 0 Å². The van der Waals surface area contributed by atoms with Gasteiger partial charge in [-0.1, -0.05) is 20.8 Å². The smallest absolute Gasteiger partial charge is 0.245 e. The first-order valence-electron chi connectivity index (χ1n) is 7.11. The van der Waals surface area contributed by atoms with Gasteiger partial charge in [-0.05, 0) is 25.2 Å². The van der Waals surface area contributed by atoms with Crippen LogP contribution >= 0.6 is 0 Å². The number of carbonyl (C=O) groups is 2. The Bertz CT molecular complexity index is 318. The average Bonchev–Trinajstić information content (AvgIpc) is 2.34. The van der Waals surface area contributed by atoms with Gasteiger partial charge in [0.05, 0.1) is 0 Å². The molecule has 0 aromatic rings. The van der Waals surface area contributed by atoms with Crippen LogP contribution in [0, 0.1) is 5.92 Å². The van der Waals surface area contributed by atoms with E-state index < -0.39 is 0 Å². The molecule has 1 aliphatic heterocycles. The van der Waals surface area contributed by atoms with Crippen molar-refractivity contribution in [2.24, 2.45) is 5.92 Å². The minimum atomic E-state index is -0.363. The molecule has 0 aliphatic carbocycles. The first-order valence-corrected chi connectivity index (χ1v) is 7.11. The predicted octanol–water partition coefficient (Wildman–Crippen LogP) is 1.17. The van der Waals surface area contributed by atoms with Gasteiger partial charge in [-0.25, -0.2) is 0 Å². The predicted molar refractivity (Wildman–Crippen MR) is 73.7 cm³/mol. The maximum Gasteiger partial charge on any atom is 0.245 e. The molecule has 1 saturated heterocycles. The van der Waals surface area contributed by atoms with Crippen LogP contribution < -0.4 is 5.32 Å². The molecular formula is C14H26N2O3. The van der Waals surface area contributed by atoms with E-state index in [0.717, 1.165) is 6.42 Å². The summed E-state index contributed by atoms with van der Waals surface area (Å²) in [7, 11) is 1.64. The summed E-state index contributed by atoms with van der Waals surface area (Å²) in [5, 5.41) is 2.86. The lowest BCUT2D eigenvalue weighted by molar-refractivity contribution is -0.150. The molecule has 1 fully saturated rings. The second kappa shape index (κ2) is 7.48. The van der Waals surface area contributed by atoms with Crippen LogP contribution in [0.1, 0.15) is 40.0 Å². The number of amides is 2. The van der Waals surface area contributed by atoms with E-state index in [1.165, 1.54) is 0 Å². The van der Waals surface area contributed by atoms with Crippen LogP contribution in [0.2, 0.25) is 0 Å². The van der Waals surface area contributed by atoms with Crippen molar-refractivity contribution in [1.29, 1.82) is 0 Å². The summed E-state index contributed by atoms with van der Waals surface area (Å²) in [6.45, 7) is 7.24. The molecule has 0 spiro atoms. The van der Waals surface area contributed by atoms with Gasteiger partial charge in [-0.15, -0.1) is 0 Å². The summed E-state index contributed by atoms with van der Waals surface area (Å²) in [6.07, 6.45) is 2.11. The molecule has 110 valence electrons. The lowest BCUT2D eigenvalue weighted by Crippen LogP contribution is -2.63. The SMILES string of the molecule is CCC1C(=O)NC(CC(C)C)C(=O)N1CCCOC. The Morgan fingerprint density at radius 3 is 2.58 bits per heavy atom. The van der Waals surface area contributed by atoms with Crippen molar-refractivity contribution in [2.45, 2.75) is 52.1 Å². The second-order valence-corrected chi connectivity index (χ2v) is 5.49. The highest BCUT2D eigenvalue weighted by Crippen LogP contribution is 2.17. The average molecular weight is 270 g/mol. The number of carbonyl (C=O) groups excluding carboxylic acids is 2. The number of methoxy groups -OCH3 is 1. The molecule has 2 unspecified atom stereocenters. The summed E-state index contributed by atoms with van der Waals surface area (Å²) in [5.74, 6) is 0.412. The fraction of sp³-hybridized carbons (Fsp3) is 0.857. The van der Waals surface area contributed by atoms with Crippen LogP contribution in [0.25, 0.3) is 0 Å². The molecule has 5 nitrogen and oxygen atoms in total. The van der Waals surface area contributed by atoms with Gasteiger partial charge in [0.25, 0.3) is 0 Å². The summed E-state index contributed by atoms with van der Waals surface area (Å²) in [6, 6.07) is -0.689. The third kappa shape index (κ3) is 4.20. The standard InChI is InChI=1S/C14H26N2O3/c1-5-12-13(17)15-11(9-10(2)3)14(18)16(12)7-6-8-19-4/h10-12H,5-9H2,1-4H3,(H,15,17). The minimum absolute atomic E-state index is 0.0230. The third-order valence-corrected chi connectivity index (χ3v) is 3.42. The van der Waals surface area contributed by atoms with Crippen molar-refractivity contribution in [3.63, 3.8) is 0 Å². The van der Waals surface area contributed by atoms with E-state index in [1.807, 2.05) is 6.92 Å². The molecule has 0 bridgehead atoms. The normalized spacial score (nSPS) is 23.9. The van der Waals surface area contributed by atoms with Gasteiger partial charge in [0.2, 0.25) is 11.8 Å². The van der Waals surface area contributed by atoms with Crippen LogP contribution in [0.3, 0.4) is 0 Å². The van der Waals surface area contributed by atoms with Gasteiger partial charge in [-0.3, -0.25) is 9.59 Å². The molecule has 2 amide bonds. The molecular weight excluding hydrogens is 244 g/mol. The van der Waals surface area contributed by atoms with Crippen LogP contribution in [0.15, 0.2) is 0 Å². The van der Waals surface area contributed by atoms with E-state index in [4.69, 9.17) is 4.74 Å². The van der Waals surface area contributed by atoms with Crippen molar-refractivity contribution in [2.75, 3.05) is 20.3 Å². The molecule has 1 N–H and O–H groups in total. The number of rotatable bonds is 7. The molecule has 0 saturated carbocycles. The zero-order chi connectivity index (χ0) is 14.4. The fourth-order valence-corrected chi connectivity index (χ4v) is 2.51. The van der Waals surface area contributed by atoms with Gasteiger partial charge in [0.1, 0.15) is 12.1 Å². The highest BCUT2D eigenvalue weighted by molar-refractivity contribution is 5.96. The van der Waals surface area contributed by atoms with E-state index in [0.29, 0.717) is 31.9 Å². The van der Waals surface area contributed by atoms with Crippen LogP contribution in [-0.2, 0) is 14.3 Å². The maximum atomic E-state index is 12.4. The fourth-order valence-electron chi connectivity index (χ4n) is 2.51. The maximum absolute atomic E-state index is 12.4. The Kier molecular flexibility index (Phi) is 6.28. The number of hydrogen-bond acceptors (Lipinski definition) is 3. The summed E-state index contributed by atoms with van der Waals surface area (Å²) >= 11 is 0. The molecule has 0 radical (unpaired) electrons. The summed E-state index contributed by atoms with van der Waals surface area (Å²) < 4.78 is 5.02. The quantitative estimate of drug-likeness (QED) is 0.707. The minimum Gasteiger partial charge on any atom is -0.385 e. The second-order valence-electron chi connectivity index (χ2n) is 5.49. The Balaban J connectivity index is 2.74. The Morgan fingerprint density at radius 2 is 2.05 bits per heavy atom. The van der Waals surface area contributed by atoms with Gasteiger partial charge in [0.15, 0.2) is 0 Å². The highest BCUT2D eigenvalue weighted by Gasteiger charge is 2.39. The lowest BCUT2D eigenvalue weighted by Gasteiger charge is -2.39. The van der Waals surface area contributed by atoms with Crippen molar-refractivity contribution >= 4 is 11.8 Å². The van der Waals surface area contributed by atoms with Crippen molar-refractivity contribution < 1.29 is 14.3 Å². The van der Waals surface area contributed by atoms with Gasteiger partial charge < -0.3 is 15.0 Å².